The molecule has 0 unspecified atom stereocenters. The van der Waals surface area contributed by atoms with Gasteiger partial charge in [0.05, 0.1) is 19.1 Å². The Morgan fingerprint density at radius 1 is 1.20 bits per heavy atom. The molecule has 20 heavy (non-hydrogen) atoms. The van der Waals surface area contributed by atoms with E-state index in [1.54, 1.807) is 26.4 Å². The SMILES string of the molecule is COc1ccc(/C=C/C(=O)c2sccc2Br)cc1OC. The summed E-state index contributed by atoms with van der Waals surface area (Å²) in [7, 11) is 3.17. The number of hydrogen-bond donors (Lipinski definition) is 0. The molecule has 1 aromatic carbocycles. The van der Waals surface area contributed by atoms with E-state index in [1.807, 2.05) is 29.6 Å². The minimum absolute atomic E-state index is 0.0262. The van der Waals surface area contributed by atoms with E-state index in [2.05, 4.69) is 15.9 Å². The van der Waals surface area contributed by atoms with Crippen LogP contribution < -0.4 is 9.47 Å². The summed E-state index contributed by atoms with van der Waals surface area (Å²) in [4.78, 5) is 12.7. The highest BCUT2D eigenvalue weighted by Crippen LogP contribution is 2.28. The van der Waals surface area contributed by atoms with E-state index in [0.29, 0.717) is 16.4 Å². The lowest BCUT2D eigenvalue weighted by Gasteiger charge is -2.07. The summed E-state index contributed by atoms with van der Waals surface area (Å²) in [6.07, 6.45) is 3.31. The Labute approximate surface area is 130 Å². The monoisotopic (exact) mass is 352 g/mol. The van der Waals surface area contributed by atoms with Crippen LogP contribution in [0.15, 0.2) is 40.2 Å². The molecule has 0 saturated heterocycles. The van der Waals surface area contributed by atoms with Crippen molar-refractivity contribution in [3.63, 3.8) is 0 Å². The zero-order valence-corrected chi connectivity index (χ0v) is 13.5. The van der Waals surface area contributed by atoms with Gasteiger partial charge in [-0.05, 0) is 51.1 Å². The van der Waals surface area contributed by atoms with E-state index in [4.69, 9.17) is 9.47 Å². The summed E-state index contributed by atoms with van der Waals surface area (Å²) >= 11 is 4.77. The van der Waals surface area contributed by atoms with Crippen molar-refractivity contribution in [3.05, 3.63) is 50.6 Å². The number of rotatable bonds is 5. The molecule has 0 saturated carbocycles. The largest absolute Gasteiger partial charge is 0.493 e. The number of carbonyl (C=O) groups excluding carboxylic acids is 1. The number of methoxy groups -OCH3 is 2. The standard InChI is InChI=1S/C15H13BrO3S/c1-18-13-6-4-10(9-14(13)19-2)3-5-12(17)15-11(16)7-8-20-15/h3-9H,1-2H3/b5-3+. The summed E-state index contributed by atoms with van der Waals surface area (Å²) < 4.78 is 11.2. The van der Waals surface area contributed by atoms with Crippen molar-refractivity contribution in [1.29, 1.82) is 0 Å². The lowest BCUT2D eigenvalue weighted by atomic mass is 10.1. The molecule has 2 rings (SSSR count). The molecule has 0 spiro atoms. The maximum Gasteiger partial charge on any atom is 0.196 e. The van der Waals surface area contributed by atoms with Crippen molar-refractivity contribution in [3.8, 4) is 11.5 Å². The predicted octanol–water partition coefficient (Wildman–Crippen LogP) is 4.42. The molecule has 0 amide bonds. The number of ketones is 1. The normalized spacial score (nSPS) is 10.8. The molecular weight excluding hydrogens is 340 g/mol. The minimum atomic E-state index is -0.0262. The molecule has 1 aromatic heterocycles. The van der Waals surface area contributed by atoms with Gasteiger partial charge < -0.3 is 9.47 Å². The van der Waals surface area contributed by atoms with Gasteiger partial charge in [0.2, 0.25) is 0 Å². The van der Waals surface area contributed by atoms with Gasteiger partial charge in [-0.1, -0.05) is 12.1 Å². The first-order valence-corrected chi connectivity index (χ1v) is 7.50. The first kappa shape index (κ1) is 14.8. The third-order valence-electron chi connectivity index (χ3n) is 2.68. The zero-order chi connectivity index (χ0) is 14.5. The third kappa shape index (κ3) is 3.29. The smallest absolute Gasteiger partial charge is 0.196 e. The molecule has 0 aliphatic rings. The Balaban J connectivity index is 2.19. The summed E-state index contributed by atoms with van der Waals surface area (Å²) in [5.74, 6) is 1.28. The number of hydrogen-bond acceptors (Lipinski definition) is 4. The van der Waals surface area contributed by atoms with Crippen molar-refractivity contribution in [2.45, 2.75) is 0 Å². The second-order valence-electron chi connectivity index (χ2n) is 3.91. The minimum Gasteiger partial charge on any atom is -0.493 e. The Bertz CT molecular complexity index is 646. The molecule has 2 aromatic rings. The third-order valence-corrected chi connectivity index (χ3v) is 4.53. The van der Waals surface area contributed by atoms with Crippen molar-refractivity contribution in [2.75, 3.05) is 14.2 Å². The van der Waals surface area contributed by atoms with Crippen LogP contribution in [-0.2, 0) is 0 Å². The summed E-state index contributed by atoms with van der Waals surface area (Å²) in [6, 6.07) is 7.37. The molecule has 3 nitrogen and oxygen atoms in total. The molecule has 5 heteroatoms. The molecule has 0 aliphatic heterocycles. The number of benzene rings is 1. The second-order valence-corrected chi connectivity index (χ2v) is 5.68. The van der Waals surface area contributed by atoms with Gasteiger partial charge in [0.1, 0.15) is 0 Å². The molecule has 0 aliphatic carbocycles. The molecule has 0 fully saturated rings. The van der Waals surface area contributed by atoms with Crippen molar-refractivity contribution >= 4 is 39.1 Å². The van der Waals surface area contributed by atoms with Gasteiger partial charge in [0.25, 0.3) is 0 Å². The second kappa shape index (κ2) is 6.72. The van der Waals surface area contributed by atoms with Gasteiger partial charge in [0, 0.05) is 4.47 Å². The highest BCUT2D eigenvalue weighted by molar-refractivity contribution is 9.10. The fourth-order valence-electron chi connectivity index (χ4n) is 1.67. The molecule has 0 radical (unpaired) electrons. The average Bonchev–Trinajstić information content (AvgIpc) is 2.90. The van der Waals surface area contributed by atoms with Crippen LogP contribution in [-0.4, -0.2) is 20.0 Å². The van der Waals surface area contributed by atoms with Crippen LogP contribution in [0.3, 0.4) is 0 Å². The van der Waals surface area contributed by atoms with Gasteiger partial charge in [-0.2, -0.15) is 0 Å². The van der Waals surface area contributed by atoms with Crippen LogP contribution in [0.2, 0.25) is 0 Å². The average molecular weight is 353 g/mol. The Hall–Kier alpha value is -1.59. The number of halogens is 1. The fourth-order valence-corrected chi connectivity index (χ4v) is 3.16. The molecule has 0 bridgehead atoms. The number of ether oxygens (including phenoxy) is 2. The predicted molar refractivity (Wildman–Crippen MR) is 84.9 cm³/mol. The number of allylic oxidation sites excluding steroid dienone is 1. The zero-order valence-electron chi connectivity index (χ0n) is 11.1. The maximum atomic E-state index is 12.0. The van der Waals surface area contributed by atoms with Crippen LogP contribution in [0.5, 0.6) is 11.5 Å². The van der Waals surface area contributed by atoms with Crippen molar-refractivity contribution < 1.29 is 14.3 Å². The quantitative estimate of drug-likeness (QED) is 0.590. The van der Waals surface area contributed by atoms with Gasteiger partial charge in [-0.15, -0.1) is 11.3 Å². The number of carbonyl (C=O) groups is 1. The van der Waals surface area contributed by atoms with E-state index >= 15 is 0 Å². The molecular formula is C15H13BrO3S. The number of thiophene rings is 1. The molecule has 0 N–H and O–H groups in total. The molecule has 0 atom stereocenters. The van der Waals surface area contributed by atoms with Crippen LogP contribution in [0.1, 0.15) is 15.2 Å². The summed E-state index contributed by atoms with van der Waals surface area (Å²) in [5, 5.41) is 1.88. The van der Waals surface area contributed by atoms with Gasteiger partial charge in [0.15, 0.2) is 17.3 Å². The van der Waals surface area contributed by atoms with Gasteiger partial charge in [-0.25, -0.2) is 0 Å². The van der Waals surface area contributed by atoms with E-state index < -0.39 is 0 Å². The van der Waals surface area contributed by atoms with Crippen LogP contribution in [0.25, 0.3) is 6.08 Å². The lowest BCUT2D eigenvalue weighted by Crippen LogP contribution is -1.92. The summed E-state index contributed by atoms with van der Waals surface area (Å²) in [5.41, 5.74) is 0.878. The van der Waals surface area contributed by atoms with Crippen molar-refractivity contribution in [2.24, 2.45) is 0 Å². The van der Waals surface area contributed by atoms with Gasteiger partial charge >= 0.3 is 0 Å². The van der Waals surface area contributed by atoms with E-state index in [-0.39, 0.29) is 5.78 Å². The van der Waals surface area contributed by atoms with E-state index in [0.717, 1.165) is 10.0 Å². The fraction of sp³-hybridized carbons (Fsp3) is 0.133. The Kier molecular flexibility index (Phi) is 4.98. The molecule has 1 heterocycles. The molecule has 104 valence electrons. The highest BCUT2D eigenvalue weighted by atomic mass is 79.9. The van der Waals surface area contributed by atoms with Crippen molar-refractivity contribution in [1.82, 2.24) is 0 Å². The van der Waals surface area contributed by atoms with Crippen LogP contribution in [0, 0.1) is 0 Å². The Morgan fingerprint density at radius 2 is 1.95 bits per heavy atom. The lowest BCUT2D eigenvalue weighted by molar-refractivity contribution is 0.105. The van der Waals surface area contributed by atoms with Crippen LogP contribution >= 0.6 is 27.3 Å². The topological polar surface area (TPSA) is 35.5 Å². The van der Waals surface area contributed by atoms with E-state index in [9.17, 15) is 4.79 Å². The Morgan fingerprint density at radius 3 is 2.55 bits per heavy atom. The highest BCUT2D eigenvalue weighted by Gasteiger charge is 2.08. The first-order chi connectivity index (χ1) is 9.65. The maximum absolute atomic E-state index is 12.0. The van der Waals surface area contributed by atoms with Crippen LogP contribution in [0.4, 0.5) is 0 Å². The van der Waals surface area contributed by atoms with Gasteiger partial charge in [-0.3, -0.25) is 4.79 Å². The summed E-state index contributed by atoms with van der Waals surface area (Å²) in [6.45, 7) is 0. The first-order valence-electron chi connectivity index (χ1n) is 5.83. The van der Waals surface area contributed by atoms with E-state index in [1.165, 1.54) is 11.3 Å².